The van der Waals surface area contributed by atoms with E-state index in [9.17, 15) is 4.79 Å². The highest BCUT2D eigenvalue weighted by molar-refractivity contribution is 8.14. The van der Waals surface area contributed by atoms with E-state index in [1.807, 2.05) is 23.1 Å². The number of carbonyl (C=O) groups is 1. The van der Waals surface area contributed by atoms with Gasteiger partial charge in [0.2, 0.25) is 0 Å². The molecule has 1 fully saturated rings. The summed E-state index contributed by atoms with van der Waals surface area (Å²) in [4.78, 5) is 21.0. The summed E-state index contributed by atoms with van der Waals surface area (Å²) >= 11 is 3.65. The van der Waals surface area contributed by atoms with Gasteiger partial charge in [-0.05, 0) is 37.3 Å². The van der Waals surface area contributed by atoms with Gasteiger partial charge in [-0.15, -0.1) is 11.3 Å². The van der Waals surface area contributed by atoms with Gasteiger partial charge in [-0.3, -0.25) is 9.79 Å². The van der Waals surface area contributed by atoms with E-state index in [0.717, 1.165) is 29.8 Å². The summed E-state index contributed by atoms with van der Waals surface area (Å²) in [5.41, 5.74) is 0. The van der Waals surface area contributed by atoms with Crippen molar-refractivity contribution < 1.29 is 9.90 Å². The molecule has 138 valence electrons. The minimum Gasteiger partial charge on any atom is -0.481 e. The van der Waals surface area contributed by atoms with Gasteiger partial charge < -0.3 is 10.0 Å². The van der Waals surface area contributed by atoms with Crippen molar-refractivity contribution in [3.63, 3.8) is 0 Å². The van der Waals surface area contributed by atoms with Gasteiger partial charge in [-0.25, -0.2) is 0 Å². The normalized spacial score (nSPS) is 21.3. The molecule has 1 aliphatic carbocycles. The van der Waals surface area contributed by atoms with Crippen LogP contribution < -0.4 is 0 Å². The molecular formula is C19H28N2O2S2. The third-order valence-corrected chi connectivity index (χ3v) is 7.48. The van der Waals surface area contributed by atoms with Crippen LogP contribution in [0, 0.1) is 5.92 Å². The first kappa shape index (κ1) is 18.8. The van der Waals surface area contributed by atoms with Crippen LogP contribution in [0.15, 0.2) is 17.1 Å². The standard InChI is InChI=1S/C19H28N2O2S2/c1-2-15-8-9-16(25-15)12-21(11-10-18(22)23)19-20-17(13-24-19)14-6-4-3-5-7-14/h8-9,14,17H,2-7,10-13H2,1H3,(H,22,23). The van der Waals surface area contributed by atoms with E-state index in [1.54, 1.807) is 0 Å². The van der Waals surface area contributed by atoms with Gasteiger partial charge in [0, 0.05) is 22.1 Å². The summed E-state index contributed by atoms with van der Waals surface area (Å²) < 4.78 is 0. The van der Waals surface area contributed by atoms with Crippen molar-refractivity contribution in [3.8, 4) is 0 Å². The maximum atomic E-state index is 11.1. The van der Waals surface area contributed by atoms with Gasteiger partial charge >= 0.3 is 5.97 Å². The monoisotopic (exact) mass is 380 g/mol. The number of rotatable bonds is 7. The highest BCUT2D eigenvalue weighted by Gasteiger charge is 2.30. The van der Waals surface area contributed by atoms with Crippen LogP contribution in [0.2, 0.25) is 0 Å². The Balaban J connectivity index is 1.68. The molecule has 0 bridgehead atoms. The fourth-order valence-corrected chi connectivity index (χ4v) is 5.86. The molecule has 25 heavy (non-hydrogen) atoms. The summed E-state index contributed by atoms with van der Waals surface area (Å²) in [6.07, 6.45) is 7.89. The van der Waals surface area contributed by atoms with Crippen LogP contribution in [0.25, 0.3) is 0 Å². The van der Waals surface area contributed by atoms with Crippen molar-refractivity contribution in [3.05, 3.63) is 21.9 Å². The first-order chi connectivity index (χ1) is 12.2. The molecule has 4 nitrogen and oxygen atoms in total. The Morgan fingerprint density at radius 2 is 2.04 bits per heavy atom. The predicted octanol–water partition coefficient (Wildman–Crippen LogP) is 4.64. The van der Waals surface area contributed by atoms with E-state index in [0.29, 0.717) is 12.6 Å². The average molecular weight is 381 g/mol. The molecule has 0 amide bonds. The van der Waals surface area contributed by atoms with Crippen molar-refractivity contribution >= 4 is 34.2 Å². The van der Waals surface area contributed by atoms with Crippen molar-refractivity contribution in [2.75, 3.05) is 12.3 Å². The Morgan fingerprint density at radius 3 is 2.72 bits per heavy atom. The zero-order valence-electron chi connectivity index (χ0n) is 14.9. The van der Waals surface area contributed by atoms with Crippen molar-refractivity contribution in [1.29, 1.82) is 0 Å². The number of amidine groups is 1. The molecule has 6 heteroatoms. The van der Waals surface area contributed by atoms with Gasteiger partial charge in [0.05, 0.1) is 19.0 Å². The quantitative estimate of drug-likeness (QED) is 0.749. The number of thioether (sulfide) groups is 1. The van der Waals surface area contributed by atoms with Gasteiger partial charge in [0.15, 0.2) is 5.17 Å². The number of carboxylic acids is 1. The molecule has 1 N–H and O–H groups in total. The first-order valence-electron chi connectivity index (χ1n) is 9.40. The van der Waals surface area contributed by atoms with E-state index >= 15 is 0 Å². The smallest absolute Gasteiger partial charge is 0.305 e. The third kappa shape index (κ3) is 5.23. The minimum atomic E-state index is -0.738. The number of aryl methyl sites for hydroxylation is 1. The predicted molar refractivity (Wildman–Crippen MR) is 107 cm³/mol. The van der Waals surface area contributed by atoms with E-state index < -0.39 is 5.97 Å². The lowest BCUT2D eigenvalue weighted by atomic mass is 9.85. The third-order valence-electron chi connectivity index (χ3n) is 5.13. The maximum absolute atomic E-state index is 11.1. The molecule has 1 aliphatic heterocycles. The van der Waals surface area contributed by atoms with Crippen LogP contribution in [-0.4, -0.2) is 39.5 Å². The van der Waals surface area contributed by atoms with Crippen molar-refractivity contribution in [1.82, 2.24) is 4.90 Å². The zero-order valence-corrected chi connectivity index (χ0v) is 16.6. The number of thiophene rings is 1. The SMILES string of the molecule is CCc1ccc(CN(CCC(=O)O)C2=NC(C3CCCCC3)CS2)s1. The molecule has 3 rings (SSSR count). The Morgan fingerprint density at radius 1 is 1.28 bits per heavy atom. The van der Waals surface area contributed by atoms with E-state index in [-0.39, 0.29) is 6.42 Å². The Kier molecular flexibility index (Phi) is 6.82. The molecule has 1 saturated carbocycles. The molecule has 1 aromatic rings. The lowest BCUT2D eigenvalue weighted by molar-refractivity contribution is -0.137. The largest absolute Gasteiger partial charge is 0.481 e. The second-order valence-electron chi connectivity index (χ2n) is 6.97. The Labute approximate surface area is 158 Å². The highest BCUT2D eigenvalue weighted by Crippen LogP contribution is 2.34. The van der Waals surface area contributed by atoms with Crippen LogP contribution in [0.1, 0.15) is 55.2 Å². The Hall–Kier alpha value is -1.01. The van der Waals surface area contributed by atoms with Crippen molar-refractivity contribution in [2.24, 2.45) is 10.9 Å². The van der Waals surface area contributed by atoms with Gasteiger partial charge in [-0.2, -0.15) is 0 Å². The van der Waals surface area contributed by atoms with E-state index in [2.05, 4.69) is 24.0 Å². The van der Waals surface area contributed by atoms with Crippen LogP contribution in [0.5, 0.6) is 0 Å². The lowest BCUT2D eigenvalue weighted by Gasteiger charge is -2.25. The number of aliphatic imine (C=N–C) groups is 1. The molecule has 2 aliphatic rings. The number of aliphatic carboxylic acids is 1. The second kappa shape index (κ2) is 9.08. The van der Waals surface area contributed by atoms with Gasteiger partial charge in [0.1, 0.15) is 0 Å². The lowest BCUT2D eigenvalue weighted by Crippen LogP contribution is -2.30. The van der Waals surface area contributed by atoms with Gasteiger partial charge in [-0.1, -0.05) is 37.9 Å². The summed E-state index contributed by atoms with van der Waals surface area (Å²) in [5.74, 6) is 1.06. The zero-order chi connectivity index (χ0) is 17.6. The fourth-order valence-electron chi connectivity index (χ4n) is 3.67. The minimum absolute atomic E-state index is 0.166. The molecule has 0 spiro atoms. The number of nitrogens with zero attached hydrogens (tertiary/aromatic N) is 2. The molecular weight excluding hydrogens is 352 g/mol. The van der Waals surface area contributed by atoms with E-state index in [1.165, 1.54) is 41.9 Å². The van der Waals surface area contributed by atoms with Crippen molar-refractivity contribution in [2.45, 2.75) is 64.5 Å². The van der Waals surface area contributed by atoms with Crippen LogP contribution in [0.4, 0.5) is 0 Å². The molecule has 0 radical (unpaired) electrons. The number of carboxylic acid groups (broad SMARTS) is 1. The summed E-state index contributed by atoms with van der Waals surface area (Å²) in [7, 11) is 0. The van der Waals surface area contributed by atoms with E-state index in [4.69, 9.17) is 10.1 Å². The van der Waals surface area contributed by atoms with Gasteiger partial charge in [0.25, 0.3) is 0 Å². The molecule has 2 heterocycles. The summed E-state index contributed by atoms with van der Waals surface area (Å²) in [6.45, 7) is 3.49. The average Bonchev–Trinajstić information content (AvgIpc) is 3.28. The topological polar surface area (TPSA) is 52.9 Å². The molecule has 0 aromatic carbocycles. The highest BCUT2D eigenvalue weighted by atomic mass is 32.2. The maximum Gasteiger partial charge on any atom is 0.305 e. The molecule has 1 atom stereocenters. The fraction of sp³-hybridized carbons (Fsp3) is 0.684. The molecule has 0 saturated heterocycles. The molecule has 1 aromatic heterocycles. The van der Waals surface area contributed by atoms with Crippen LogP contribution >= 0.6 is 23.1 Å². The Bertz CT molecular complexity index is 608. The number of hydrogen-bond donors (Lipinski definition) is 1. The molecule has 1 unspecified atom stereocenters. The van der Waals surface area contributed by atoms with Crippen LogP contribution in [0.3, 0.4) is 0 Å². The summed E-state index contributed by atoms with van der Waals surface area (Å²) in [5, 5.41) is 10.2. The second-order valence-corrected chi connectivity index (χ2v) is 9.22. The number of hydrogen-bond acceptors (Lipinski definition) is 5. The first-order valence-corrected chi connectivity index (χ1v) is 11.2. The summed E-state index contributed by atoms with van der Waals surface area (Å²) in [6, 6.07) is 4.79. The van der Waals surface area contributed by atoms with Crippen LogP contribution in [-0.2, 0) is 17.8 Å².